The predicted octanol–water partition coefficient (Wildman–Crippen LogP) is 2.60. The lowest BCUT2D eigenvalue weighted by Gasteiger charge is -2.37. The van der Waals surface area contributed by atoms with Crippen LogP contribution < -0.4 is 20.1 Å². The number of methoxy groups -OCH3 is 1. The van der Waals surface area contributed by atoms with Gasteiger partial charge in [0.05, 0.1) is 26.9 Å². The van der Waals surface area contributed by atoms with E-state index in [0.29, 0.717) is 18.6 Å². The molecule has 1 atom stereocenters. The first-order valence-electron chi connectivity index (χ1n) is 10.2. The van der Waals surface area contributed by atoms with Crippen molar-refractivity contribution in [1.82, 2.24) is 15.5 Å². The van der Waals surface area contributed by atoms with Crippen LogP contribution in [0.15, 0.2) is 29.3 Å². The Bertz CT molecular complexity index is 578. The molecule has 1 aromatic rings. The first kappa shape index (κ1) is 25.8. The second-order valence-corrected chi connectivity index (χ2v) is 7.22. The van der Waals surface area contributed by atoms with Crippen LogP contribution in [0.1, 0.15) is 20.3 Å². The summed E-state index contributed by atoms with van der Waals surface area (Å²) in [6.07, 6.45) is 0.893. The van der Waals surface area contributed by atoms with Gasteiger partial charge in [0.1, 0.15) is 11.5 Å². The number of guanidine groups is 1. The van der Waals surface area contributed by atoms with E-state index in [9.17, 15) is 0 Å². The fourth-order valence-electron chi connectivity index (χ4n) is 3.26. The summed E-state index contributed by atoms with van der Waals surface area (Å²) >= 11 is 0. The molecule has 29 heavy (non-hydrogen) atoms. The molecule has 2 N–H and O–H groups in total. The summed E-state index contributed by atoms with van der Waals surface area (Å²) in [7, 11) is 3.47. The van der Waals surface area contributed by atoms with E-state index in [-0.39, 0.29) is 24.0 Å². The molecule has 0 saturated carbocycles. The van der Waals surface area contributed by atoms with Crippen molar-refractivity contribution in [2.45, 2.75) is 26.3 Å². The maximum absolute atomic E-state index is 5.76. The highest BCUT2D eigenvalue weighted by Crippen LogP contribution is 2.17. The minimum Gasteiger partial charge on any atom is -0.497 e. The first-order chi connectivity index (χ1) is 13.6. The van der Waals surface area contributed by atoms with Crippen molar-refractivity contribution in [3.63, 3.8) is 0 Å². The van der Waals surface area contributed by atoms with Crippen LogP contribution in [0, 0.1) is 5.92 Å². The van der Waals surface area contributed by atoms with E-state index in [2.05, 4.69) is 34.4 Å². The number of hydrogen-bond donors (Lipinski definition) is 2. The number of aliphatic imine (C=N–C) groups is 1. The van der Waals surface area contributed by atoms with Gasteiger partial charge in [0.25, 0.3) is 0 Å². The number of rotatable bonds is 10. The quantitative estimate of drug-likeness (QED) is 0.214. The fraction of sp³-hybridized carbons (Fsp3) is 0.667. The SMILES string of the molecule is CN=C(NCCCOc1ccc(OC)cc1)NCC(C(C)C)N1CCOCC1.I. The molecule has 1 unspecified atom stereocenters. The van der Waals surface area contributed by atoms with E-state index in [0.717, 1.165) is 63.3 Å². The molecule has 1 aliphatic rings. The van der Waals surface area contributed by atoms with Crippen LogP contribution in [0.3, 0.4) is 0 Å². The standard InChI is InChI=1S/C21H36N4O3.HI/c1-17(2)20(25-11-14-27-15-12-25)16-24-21(22-3)23-10-5-13-28-19-8-6-18(26-4)7-9-19;/h6-9,17,20H,5,10-16H2,1-4H3,(H2,22,23,24);1H. The van der Waals surface area contributed by atoms with Gasteiger partial charge in [-0.1, -0.05) is 13.8 Å². The summed E-state index contributed by atoms with van der Waals surface area (Å²) in [5, 5.41) is 6.84. The van der Waals surface area contributed by atoms with Crippen molar-refractivity contribution in [2.24, 2.45) is 10.9 Å². The number of hydrogen-bond acceptors (Lipinski definition) is 5. The van der Waals surface area contributed by atoms with Gasteiger partial charge in [-0.05, 0) is 36.6 Å². The second kappa shape index (κ2) is 14.7. The third-order valence-corrected chi connectivity index (χ3v) is 4.93. The van der Waals surface area contributed by atoms with Gasteiger partial charge in [0, 0.05) is 39.3 Å². The number of morpholine rings is 1. The van der Waals surface area contributed by atoms with Gasteiger partial charge in [-0.15, -0.1) is 24.0 Å². The van der Waals surface area contributed by atoms with Gasteiger partial charge < -0.3 is 24.8 Å². The highest BCUT2D eigenvalue weighted by Gasteiger charge is 2.23. The lowest BCUT2D eigenvalue weighted by Crippen LogP contribution is -2.52. The van der Waals surface area contributed by atoms with Crippen molar-refractivity contribution >= 4 is 29.9 Å². The molecule has 166 valence electrons. The Kier molecular flexibility index (Phi) is 13.0. The van der Waals surface area contributed by atoms with E-state index in [1.54, 1.807) is 7.11 Å². The molecule has 8 heteroatoms. The van der Waals surface area contributed by atoms with Gasteiger partial charge in [-0.25, -0.2) is 0 Å². The molecule has 0 amide bonds. The monoisotopic (exact) mass is 520 g/mol. The minimum atomic E-state index is 0. The second-order valence-electron chi connectivity index (χ2n) is 7.22. The largest absolute Gasteiger partial charge is 0.497 e. The Balaban J connectivity index is 0.00000420. The van der Waals surface area contributed by atoms with Crippen molar-refractivity contribution in [3.8, 4) is 11.5 Å². The third-order valence-electron chi connectivity index (χ3n) is 4.93. The van der Waals surface area contributed by atoms with E-state index >= 15 is 0 Å². The zero-order chi connectivity index (χ0) is 20.2. The first-order valence-corrected chi connectivity index (χ1v) is 10.2. The summed E-state index contributed by atoms with van der Waals surface area (Å²) in [6.45, 7) is 10.5. The zero-order valence-corrected chi connectivity index (χ0v) is 20.5. The maximum atomic E-state index is 5.76. The highest BCUT2D eigenvalue weighted by atomic mass is 127. The Labute approximate surface area is 192 Å². The Morgan fingerprint density at radius 3 is 2.38 bits per heavy atom. The number of nitrogens with zero attached hydrogens (tertiary/aromatic N) is 2. The van der Waals surface area contributed by atoms with Crippen LogP contribution in [0.25, 0.3) is 0 Å². The molecule has 1 heterocycles. The molecule has 0 aliphatic carbocycles. The van der Waals surface area contributed by atoms with Crippen LogP contribution in [0.4, 0.5) is 0 Å². The van der Waals surface area contributed by atoms with Gasteiger partial charge in [-0.3, -0.25) is 9.89 Å². The zero-order valence-electron chi connectivity index (χ0n) is 18.1. The van der Waals surface area contributed by atoms with Crippen molar-refractivity contribution in [1.29, 1.82) is 0 Å². The topological polar surface area (TPSA) is 67.4 Å². The van der Waals surface area contributed by atoms with Crippen molar-refractivity contribution in [2.75, 3.05) is 60.2 Å². The summed E-state index contributed by atoms with van der Waals surface area (Å²) in [5.74, 6) is 3.10. The number of nitrogens with one attached hydrogen (secondary N) is 2. The molecular weight excluding hydrogens is 483 g/mol. The summed E-state index contributed by atoms with van der Waals surface area (Å²) in [5.41, 5.74) is 0. The molecule has 7 nitrogen and oxygen atoms in total. The van der Waals surface area contributed by atoms with Crippen LogP contribution in [-0.4, -0.2) is 77.1 Å². The number of ether oxygens (including phenoxy) is 3. The molecule has 1 fully saturated rings. The lowest BCUT2D eigenvalue weighted by molar-refractivity contribution is 0.00752. The summed E-state index contributed by atoms with van der Waals surface area (Å²) < 4.78 is 16.4. The normalized spacial score (nSPS) is 16.1. The van der Waals surface area contributed by atoms with Gasteiger partial charge in [0.15, 0.2) is 5.96 Å². The highest BCUT2D eigenvalue weighted by molar-refractivity contribution is 14.0. The van der Waals surface area contributed by atoms with E-state index < -0.39 is 0 Å². The Morgan fingerprint density at radius 1 is 1.14 bits per heavy atom. The van der Waals surface area contributed by atoms with Crippen LogP contribution in [0.5, 0.6) is 11.5 Å². The van der Waals surface area contributed by atoms with Gasteiger partial charge >= 0.3 is 0 Å². The summed E-state index contributed by atoms with van der Waals surface area (Å²) in [6, 6.07) is 8.12. The average Bonchev–Trinajstić information content (AvgIpc) is 2.73. The molecule has 0 bridgehead atoms. The third kappa shape index (κ3) is 9.39. The molecule has 1 saturated heterocycles. The average molecular weight is 520 g/mol. The maximum Gasteiger partial charge on any atom is 0.191 e. The lowest BCUT2D eigenvalue weighted by atomic mass is 10.0. The molecule has 1 aliphatic heterocycles. The smallest absolute Gasteiger partial charge is 0.191 e. The number of halogens is 1. The fourth-order valence-corrected chi connectivity index (χ4v) is 3.26. The van der Waals surface area contributed by atoms with E-state index in [1.807, 2.05) is 31.3 Å². The molecule has 0 aromatic heterocycles. The van der Waals surface area contributed by atoms with E-state index in [4.69, 9.17) is 14.2 Å². The van der Waals surface area contributed by atoms with Crippen LogP contribution >= 0.6 is 24.0 Å². The Morgan fingerprint density at radius 2 is 1.79 bits per heavy atom. The van der Waals surface area contributed by atoms with Crippen molar-refractivity contribution in [3.05, 3.63) is 24.3 Å². The van der Waals surface area contributed by atoms with E-state index in [1.165, 1.54) is 0 Å². The van der Waals surface area contributed by atoms with Crippen LogP contribution in [0.2, 0.25) is 0 Å². The predicted molar refractivity (Wildman–Crippen MR) is 129 cm³/mol. The van der Waals surface area contributed by atoms with Gasteiger partial charge in [0.2, 0.25) is 0 Å². The van der Waals surface area contributed by atoms with Crippen molar-refractivity contribution < 1.29 is 14.2 Å². The Hall–Kier alpha value is -1.26. The molecule has 0 radical (unpaired) electrons. The molecule has 2 rings (SSSR count). The summed E-state index contributed by atoms with van der Waals surface area (Å²) in [4.78, 5) is 6.85. The van der Waals surface area contributed by atoms with Crippen LogP contribution in [-0.2, 0) is 4.74 Å². The molecular formula is C21H37IN4O3. The minimum absolute atomic E-state index is 0. The number of benzene rings is 1. The molecule has 0 spiro atoms. The molecule has 1 aromatic carbocycles. The van der Waals surface area contributed by atoms with Gasteiger partial charge in [-0.2, -0.15) is 0 Å².